The van der Waals surface area contributed by atoms with Gasteiger partial charge in [0.05, 0.1) is 6.10 Å². The monoisotopic (exact) mass is 493 g/mol. The van der Waals surface area contributed by atoms with Crippen molar-refractivity contribution in [2.24, 2.45) is 0 Å². The number of unbranched alkanes of at least 4 members (excludes halogenated alkanes) is 2. The third-order valence-corrected chi connectivity index (χ3v) is 7.14. The van der Waals surface area contributed by atoms with Crippen LogP contribution in [-0.2, 0) is 0 Å². The molecule has 2 nitrogen and oxygen atoms in total. The van der Waals surface area contributed by atoms with Crippen LogP contribution in [0.25, 0.3) is 22.8 Å². The van der Waals surface area contributed by atoms with Gasteiger partial charge in [-0.05, 0) is 83.6 Å². The summed E-state index contributed by atoms with van der Waals surface area (Å²) in [5, 5.41) is 12.9. The van der Waals surface area contributed by atoms with Gasteiger partial charge in [0.25, 0.3) is 0 Å². The Morgan fingerprint density at radius 2 is 1.47 bits per heavy atom. The van der Waals surface area contributed by atoms with Gasteiger partial charge in [0.15, 0.2) is 0 Å². The number of halogens is 2. The minimum atomic E-state index is -0.581. The lowest BCUT2D eigenvalue weighted by Crippen LogP contribution is -2.31. The summed E-state index contributed by atoms with van der Waals surface area (Å²) in [4.78, 5) is 2.41. The smallest absolute Gasteiger partial charge is 0.0923 e. The van der Waals surface area contributed by atoms with E-state index < -0.39 is 6.10 Å². The van der Waals surface area contributed by atoms with Crippen molar-refractivity contribution in [3.8, 4) is 11.1 Å². The highest BCUT2D eigenvalue weighted by molar-refractivity contribution is 6.34. The number of benzene rings is 3. The predicted molar refractivity (Wildman–Crippen MR) is 147 cm³/mol. The van der Waals surface area contributed by atoms with Gasteiger partial charge in [-0.25, -0.2) is 0 Å². The molecule has 0 spiro atoms. The van der Waals surface area contributed by atoms with Gasteiger partial charge in [0.1, 0.15) is 0 Å². The standard InChI is InChI=1S/C30H33Cl2NO/c1-3-5-17-33(18-6-4-2)20-28(34)25-15-16-27(32)30-26(19-21-11-13-22(31)14-12-21)23-9-7-8-10-24(23)29(25)30/h7-16,19,28,34H,3-6,17-18,20H2,1-2H3. The Bertz CT molecular complexity index is 1140. The Labute approximate surface area is 213 Å². The highest BCUT2D eigenvalue weighted by Crippen LogP contribution is 2.50. The maximum Gasteiger partial charge on any atom is 0.0923 e. The van der Waals surface area contributed by atoms with Crippen LogP contribution in [0.1, 0.15) is 67.9 Å². The third kappa shape index (κ3) is 5.42. The molecule has 1 aliphatic carbocycles. The molecule has 0 aromatic heterocycles. The van der Waals surface area contributed by atoms with Gasteiger partial charge in [-0.15, -0.1) is 0 Å². The van der Waals surface area contributed by atoms with E-state index in [-0.39, 0.29) is 0 Å². The summed E-state index contributed by atoms with van der Waals surface area (Å²) in [6.07, 6.45) is 6.18. The topological polar surface area (TPSA) is 23.5 Å². The Kier molecular flexibility index (Phi) is 8.50. The van der Waals surface area contributed by atoms with Crippen LogP contribution in [0.5, 0.6) is 0 Å². The van der Waals surface area contributed by atoms with Crippen LogP contribution in [0, 0.1) is 0 Å². The fourth-order valence-electron chi connectivity index (χ4n) is 4.77. The van der Waals surface area contributed by atoms with Crippen LogP contribution in [0.2, 0.25) is 10.0 Å². The molecule has 3 aromatic carbocycles. The zero-order chi connectivity index (χ0) is 24.1. The van der Waals surface area contributed by atoms with Crippen molar-refractivity contribution in [3.63, 3.8) is 0 Å². The quantitative estimate of drug-likeness (QED) is 0.239. The van der Waals surface area contributed by atoms with Crippen LogP contribution in [0.4, 0.5) is 0 Å². The van der Waals surface area contributed by atoms with Crippen molar-refractivity contribution in [2.45, 2.75) is 45.6 Å². The number of hydrogen-bond acceptors (Lipinski definition) is 2. The molecule has 1 unspecified atom stereocenters. The molecule has 4 heteroatoms. The molecule has 0 amide bonds. The Morgan fingerprint density at radius 3 is 2.12 bits per heavy atom. The molecule has 0 saturated carbocycles. The lowest BCUT2D eigenvalue weighted by atomic mass is 9.94. The largest absolute Gasteiger partial charge is 0.387 e. The first-order valence-electron chi connectivity index (χ1n) is 12.3. The minimum Gasteiger partial charge on any atom is -0.387 e. The fourth-order valence-corrected chi connectivity index (χ4v) is 5.16. The molecule has 3 aromatic rings. The molecule has 0 saturated heterocycles. The van der Waals surface area contributed by atoms with Crippen molar-refractivity contribution in [2.75, 3.05) is 19.6 Å². The molecule has 1 aliphatic rings. The number of fused-ring (bicyclic) bond motifs is 3. The number of aliphatic hydroxyl groups excluding tert-OH is 1. The number of aliphatic hydroxyl groups is 1. The van der Waals surface area contributed by atoms with Gasteiger partial charge in [0, 0.05) is 22.2 Å². The van der Waals surface area contributed by atoms with Crippen LogP contribution in [-0.4, -0.2) is 29.6 Å². The predicted octanol–water partition coefficient (Wildman–Crippen LogP) is 8.50. The number of nitrogens with zero attached hydrogens (tertiary/aromatic N) is 1. The van der Waals surface area contributed by atoms with Crippen molar-refractivity contribution in [3.05, 3.63) is 93.0 Å². The first-order valence-corrected chi connectivity index (χ1v) is 13.1. The minimum absolute atomic E-state index is 0.581. The highest BCUT2D eigenvalue weighted by Gasteiger charge is 2.30. The zero-order valence-electron chi connectivity index (χ0n) is 20.0. The molecular formula is C30H33Cl2NO. The van der Waals surface area contributed by atoms with Crippen LogP contribution in [0.15, 0.2) is 60.7 Å². The fraction of sp³-hybridized carbons (Fsp3) is 0.333. The van der Waals surface area contributed by atoms with E-state index in [9.17, 15) is 5.11 Å². The summed E-state index contributed by atoms with van der Waals surface area (Å²) in [7, 11) is 0. The summed E-state index contributed by atoms with van der Waals surface area (Å²) in [5.41, 5.74) is 7.43. The van der Waals surface area contributed by atoms with E-state index in [0.29, 0.717) is 16.6 Å². The van der Waals surface area contributed by atoms with Crippen molar-refractivity contribution < 1.29 is 5.11 Å². The van der Waals surface area contributed by atoms with Gasteiger partial charge in [-0.3, -0.25) is 0 Å². The first kappa shape index (κ1) is 25.0. The average molecular weight is 495 g/mol. The van der Waals surface area contributed by atoms with E-state index in [4.69, 9.17) is 23.2 Å². The van der Waals surface area contributed by atoms with Crippen LogP contribution >= 0.6 is 23.2 Å². The molecule has 4 rings (SSSR count). The second-order valence-electron chi connectivity index (χ2n) is 9.07. The van der Waals surface area contributed by atoms with Crippen molar-refractivity contribution in [1.82, 2.24) is 4.90 Å². The normalized spacial score (nSPS) is 14.5. The van der Waals surface area contributed by atoms with Gasteiger partial charge in [-0.1, -0.05) is 92.4 Å². The molecule has 0 fully saturated rings. The van der Waals surface area contributed by atoms with Crippen molar-refractivity contribution >= 4 is 34.9 Å². The van der Waals surface area contributed by atoms with E-state index in [2.05, 4.69) is 49.1 Å². The highest BCUT2D eigenvalue weighted by atomic mass is 35.5. The Balaban J connectivity index is 1.76. The van der Waals surface area contributed by atoms with Crippen molar-refractivity contribution in [1.29, 1.82) is 0 Å². The number of hydrogen-bond donors (Lipinski definition) is 1. The maximum atomic E-state index is 11.5. The summed E-state index contributed by atoms with van der Waals surface area (Å²) in [6.45, 7) is 7.09. The number of rotatable bonds is 10. The van der Waals surface area contributed by atoms with E-state index >= 15 is 0 Å². The lowest BCUT2D eigenvalue weighted by molar-refractivity contribution is 0.111. The average Bonchev–Trinajstić information content (AvgIpc) is 3.17. The molecule has 34 heavy (non-hydrogen) atoms. The lowest BCUT2D eigenvalue weighted by Gasteiger charge is -2.26. The molecule has 1 atom stereocenters. The van der Waals surface area contributed by atoms with E-state index in [1.165, 1.54) is 0 Å². The second-order valence-corrected chi connectivity index (χ2v) is 9.91. The molecule has 0 heterocycles. The molecule has 0 aliphatic heterocycles. The SMILES string of the molecule is CCCCN(CCCC)CC(O)c1ccc(Cl)c2c1-c1ccccc1C2=Cc1ccc(Cl)cc1. The third-order valence-electron chi connectivity index (χ3n) is 6.57. The molecule has 1 N–H and O–H groups in total. The molecular weight excluding hydrogens is 461 g/mol. The first-order chi connectivity index (χ1) is 16.5. The summed E-state index contributed by atoms with van der Waals surface area (Å²) in [6, 6.07) is 20.2. The summed E-state index contributed by atoms with van der Waals surface area (Å²) in [5.74, 6) is 0. The zero-order valence-corrected chi connectivity index (χ0v) is 21.5. The van der Waals surface area contributed by atoms with Gasteiger partial charge in [0.2, 0.25) is 0 Å². The summed E-state index contributed by atoms with van der Waals surface area (Å²) >= 11 is 12.9. The Hall–Kier alpha value is -2.10. The van der Waals surface area contributed by atoms with Crippen LogP contribution < -0.4 is 0 Å². The molecule has 0 radical (unpaired) electrons. The van der Waals surface area contributed by atoms with Gasteiger partial charge in [-0.2, -0.15) is 0 Å². The summed E-state index contributed by atoms with van der Waals surface area (Å²) < 4.78 is 0. The van der Waals surface area contributed by atoms with Crippen LogP contribution in [0.3, 0.4) is 0 Å². The van der Waals surface area contributed by atoms with Gasteiger partial charge < -0.3 is 10.0 Å². The van der Waals surface area contributed by atoms with E-state index in [1.54, 1.807) is 0 Å². The van der Waals surface area contributed by atoms with Gasteiger partial charge >= 0.3 is 0 Å². The Morgan fingerprint density at radius 1 is 0.824 bits per heavy atom. The van der Waals surface area contributed by atoms with E-state index in [0.717, 1.165) is 77.7 Å². The molecule has 0 bridgehead atoms. The van der Waals surface area contributed by atoms with E-state index in [1.807, 2.05) is 36.4 Å². The second kappa shape index (κ2) is 11.6. The molecule has 178 valence electrons. The maximum absolute atomic E-state index is 11.5.